The highest BCUT2D eigenvalue weighted by Crippen LogP contribution is 2.32. The molecule has 1 rings (SSSR count). The molecule has 0 aliphatic heterocycles. The van der Waals surface area contributed by atoms with E-state index in [-0.39, 0.29) is 0 Å². The van der Waals surface area contributed by atoms with Gasteiger partial charge in [0.2, 0.25) is 0 Å². The summed E-state index contributed by atoms with van der Waals surface area (Å²) in [7, 11) is 0. The summed E-state index contributed by atoms with van der Waals surface area (Å²) in [5.74, 6) is 2.96. The summed E-state index contributed by atoms with van der Waals surface area (Å²) in [6.07, 6.45) is 14.8. The first-order chi connectivity index (χ1) is 8.61. The van der Waals surface area contributed by atoms with Gasteiger partial charge in [-0.25, -0.2) is 0 Å². The van der Waals surface area contributed by atoms with Crippen LogP contribution in [0.5, 0.6) is 0 Å². The first-order valence-electron chi connectivity index (χ1n) is 8.22. The molecule has 0 radical (unpaired) electrons. The molecule has 0 aromatic rings. The molecule has 1 unspecified atom stereocenters. The van der Waals surface area contributed by atoms with Gasteiger partial charge in [-0.2, -0.15) is 0 Å². The molecule has 0 amide bonds. The Morgan fingerprint density at radius 1 is 1.06 bits per heavy atom. The predicted octanol–water partition coefficient (Wildman–Crippen LogP) is 6.61. The molecular formula is C18H36. The third-order valence-electron chi connectivity index (χ3n) is 4.18. The summed E-state index contributed by atoms with van der Waals surface area (Å²) in [5, 5.41) is 0. The van der Waals surface area contributed by atoms with Gasteiger partial charge < -0.3 is 0 Å². The number of allylic oxidation sites excluding steroid dienone is 1. The van der Waals surface area contributed by atoms with Crippen LogP contribution in [0.2, 0.25) is 0 Å². The van der Waals surface area contributed by atoms with Gasteiger partial charge in [0, 0.05) is 0 Å². The fourth-order valence-electron chi connectivity index (χ4n) is 2.79. The first-order valence-corrected chi connectivity index (χ1v) is 8.22. The highest BCUT2D eigenvalue weighted by molar-refractivity contribution is 4.71. The summed E-state index contributed by atoms with van der Waals surface area (Å²) in [4.78, 5) is 0. The molecule has 1 atom stereocenters. The molecule has 0 nitrogen and oxygen atoms in total. The van der Waals surface area contributed by atoms with Crippen LogP contribution in [-0.4, -0.2) is 0 Å². The molecule has 0 heterocycles. The minimum atomic E-state index is 0.897. The van der Waals surface area contributed by atoms with Crippen molar-refractivity contribution in [2.75, 3.05) is 0 Å². The van der Waals surface area contributed by atoms with Crippen molar-refractivity contribution in [2.45, 2.75) is 85.5 Å². The Kier molecular flexibility index (Phi) is 11.6. The largest absolute Gasteiger partial charge is 0.103 e. The van der Waals surface area contributed by atoms with Crippen molar-refractivity contribution in [2.24, 2.45) is 17.8 Å². The Morgan fingerprint density at radius 2 is 1.61 bits per heavy atom. The van der Waals surface area contributed by atoms with Crippen LogP contribution in [0.1, 0.15) is 85.5 Å². The number of hydrogen-bond donors (Lipinski definition) is 0. The molecule has 0 N–H and O–H groups in total. The lowest BCUT2D eigenvalue weighted by atomic mass is 9.78. The van der Waals surface area contributed by atoms with Gasteiger partial charge in [0.25, 0.3) is 0 Å². The molecule has 0 spiro atoms. The summed E-state index contributed by atoms with van der Waals surface area (Å²) in [6.45, 7) is 12.7. The van der Waals surface area contributed by atoms with Gasteiger partial charge >= 0.3 is 0 Å². The van der Waals surface area contributed by atoms with E-state index >= 15 is 0 Å². The van der Waals surface area contributed by atoms with Crippen LogP contribution in [0, 0.1) is 17.8 Å². The fraction of sp³-hybridized carbons (Fsp3) is 0.889. The lowest BCUT2D eigenvalue weighted by molar-refractivity contribution is 0.245. The van der Waals surface area contributed by atoms with Crippen LogP contribution >= 0.6 is 0 Å². The SMILES string of the molecule is C=CCC.CC(C)CCCC(C)C1CCCCC1. The van der Waals surface area contributed by atoms with E-state index in [1.54, 1.807) is 0 Å². The Bertz CT molecular complexity index is 174. The maximum atomic E-state index is 3.48. The summed E-state index contributed by atoms with van der Waals surface area (Å²) in [6, 6.07) is 0. The zero-order valence-corrected chi connectivity index (χ0v) is 13.4. The molecule has 1 aliphatic rings. The average molecular weight is 252 g/mol. The Hall–Kier alpha value is -0.260. The van der Waals surface area contributed by atoms with E-state index in [1.165, 1.54) is 51.4 Å². The molecule has 0 heteroatoms. The van der Waals surface area contributed by atoms with Crippen molar-refractivity contribution in [3.63, 3.8) is 0 Å². The predicted molar refractivity (Wildman–Crippen MR) is 84.9 cm³/mol. The Labute approximate surface area is 116 Å². The van der Waals surface area contributed by atoms with Gasteiger partial charge in [0.05, 0.1) is 0 Å². The van der Waals surface area contributed by atoms with Gasteiger partial charge in [0.15, 0.2) is 0 Å². The second-order valence-electron chi connectivity index (χ2n) is 6.40. The normalized spacial score (nSPS) is 18.1. The molecule has 18 heavy (non-hydrogen) atoms. The summed E-state index contributed by atoms with van der Waals surface area (Å²) in [5.41, 5.74) is 0. The van der Waals surface area contributed by atoms with E-state index in [2.05, 4.69) is 34.3 Å². The van der Waals surface area contributed by atoms with E-state index in [4.69, 9.17) is 0 Å². The molecule has 1 fully saturated rings. The zero-order chi connectivity index (χ0) is 13.8. The topological polar surface area (TPSA) is 0 Å². The average Bonchev–Trinajstić information content (AvgIpc) is 2.39. The highest BCUT2D eigenvalue weighted by Gasteiger charge is 2.19. The van der Waals surface area contributed by atoms with Crippen molar-refractivity contribution < 1.29 is 0 Å². The highest BCUT2D eigenvalue weighted by atomic mass is 14.2. The van der Waals surface area contributed by atoms with Crippen LogP contribution < -0.4 is 0 Å². The second kappa shape index (κ2) is 11.8. The minimum absolute atomic E-state index is 0.897. The van der Waals surface area contributed by atoms with E-state index in [1.807, 2.05) is 6.08 Å². The van der Waals surface area contributed by atoms with E-state index in [0.717, 1.165) is 24.2 Å². The van der Waals surface area contributed by atoms with Crippen molar-refractivity contribution >= 4 is 0 Å². The van der Waals surface area contributed by atoms with E-state index < -0.39 is 0 Å². The lowest BCUT2D eigenvalue weighted by Crippen LogP contribution is -2.15. The van der Waals surface area contributed by atoms with E-state index in [9.17, 15) is 0 Å². The van der Waals surface area contributed by atoms with Crippen LogP contribution in [0.3, 0.4) is 0 Å². The third kappa shape index (κ3) is 9.74. The van der Waals surface area contributed by atoms with Gasteiger partial charge in [0.1, 0.15) is 0 Å². The van der Waals surface area contributed by atoms with Crippen LogP contribution in [-0.2, 0) is 0 Å². The molecule has 1 aliphatic carbocycles. The van der Waals surface area contributed by atoms with Gasteiger partial charge in [-0.1, -0.05) is 85.1 Å². The van der Waals surface area contributed by atoms with E-state index in [0.29, 0.717) is 0 Å². The first kappa shape index (κ1) is 17.7. The van der Waals surface area contributed by atoms with Crippen LogP contribution in [0.4, 0.5) is 0 Å². The van der Waals surface area contributed by atoms with Crippen molar-refractivity contribution in [3.05, 3.63) is 12.7 Å². The zero-order valence-electron chi connectivity index (χ0n) is 13.4. The van der Waals surface area contributed by atoms with Crippen molar-refractivity contribution in [3.8, 4) is 0 Å². The summed E-state index contributed by atoms with van der Waals surface area (Å²) >= 11 is 0. The number of rotatable bonds is 6. The monoisotopic (exact) mass is 252 g/mol. The number of hydrogen-bond acceptors (Lipinski definition) is 0. The van der Waals surface area contributed by atoms with Gasteiger partial charge in [-0.05, 0) is 24.2 Å². The summed E-state index contributed by atoms with van der Waals surface area (Å²) < 4.78 is 0. The van der Waals surface area contributed by atoms with Crippen LogP contribution in [0.15, 0.2) is 12.7 Å². The molecule has 0 aromatic carbocycles. The maximum absolute atomic E-state index is 3.48. The minimum Gasteiger partial charge on any atom is -0.103 e. The fourth-order valence-corrected chi connectivity index (χ4v) is 2.79. The quantitative estimate of drug-likeness (QED) is 0.466. The third-order valence-corrected chi connectivity index (χ3v) is 4.18. The van der Waals surface area contributed by atoms with Crippen molar-refractivity contribution in [1.82, 2.24) is 0 Å². The van der Waals surface area contributed by atoms with Gasteiger partial charge in [-0.3, -0.25) is 0 Å². The van der Waals surface area contributed by atoms with Gasteiger partial charge in [-0.15, -0.1) is 6.58 Å². The molecule has 0 bridgehead atoms. The molecule has 0 saturated heterocycles. The molecular weight excluding hydrogens is 216 g/mol. The standard InChI is InChI=1S/C14H28.C4H8/c1-12(2)8-7-9-13(3)14-10-5-4-6-11-14;1-3-4-2/h12-14H,4-11H2,1-3H3;3H,1,4H2,2H3. The maximum Gasteiger partial charge on any atom is -0.0382 e. The van der Waals surface area contributed by atoms with Crippen LogP contribution in [0.25, 0.3) is 0 Å². The Morgan fingerprint density at radius 3 is 2.06 bits per heavy atom. The lowest BCUT2D eigenvalue weighted by Gasteiger charge is -2.27. The Balaban J connectivity index is 0.000000631. The molecule has 108 valence electrons. The molecule has 0 aromatic heterocycles. The second-order valence-corrected chi connectivity index (χ2v) is 6.40. The molecule has 1 saturated carbocycles. The smallest absolute Gasteiger partial charge is 0.0382 e. The van der Waals surface area contributed by atoms with Crippen molar-refractivity contribution in [1.29, 1.82) is 0 Å².